The van der Waals surface area contributed by atoms with Gasteiger partial charge in [0.05, 0.1) is 32.0 Å². The maximum Gasteiger partial charge on any atom is 0.220 e. The number of amides is 1. The van der Waals surface area contributed by atoms with Gasteiger partial charge in [0.2, 0.25) is 5.91 Å². The van der Waals surface area contributed by atoms with E-state index in [1.807, 2.05) is 6.08 Å². The Bertz CT molecular complexity index is 1530. The Balaban J connectivity index is 1.64. The van der Waals surface area contributed by atoms with Crippen LogP contribution in [0.2, 0.25) is 0 Å². The monoisotopic (exact) mass is 1060 g/mol. The number of unbranched alkanes of at least 4 members (excludes halogenated alkanes) is 23. The van der Waals surface area contributed by atoms with E-state index in [0.29, 0.717) is 6.42 Å². The van der Waals surface area contributed by atoms with Crippen LogP contribution in [0.5, 0.6) is 0 Å². The van der Waals surface area contributed by atoms with Gasteiger partial charge in [-0.05, 0) is 64.2 Å². The summed E-state index contributed by atoms with van der Waals surface area (Å²) >= 11 is 0. The normalized spacial score (nSPS) is 25.6. The van der Waals surface area contributed by atoms with Gasteiger partial charge in [-0.2, -0.15) is 0 Å². The highest BCUT2D eigenvalue weighted by Gasteiger charge is 2.51. The van der Waals surface area contributed by atoms with Crippen LogP contribution in [0.1, 0.15) is 213 Å². The number of ether oxygens (including phenoxy) is 4. The van der Waals surface area contributed by atoms with E-state index in [0.717, 1.165) is 70.6 Å². The predicted octanol–water partition coefficient (Wildman–Crippen LogP) is 9.94. The zero-order chi connectivity index (χ0) is 54.6. The molecule has 2 rings (SSSR count). The zero-order valence-electron chi connectivity index (χ0n) is 46.5. The van der Waals surface area contributed by atoms with Crippen LogP contribution in [0, 0.1) is 0 Å². The van der Waals surface area contributed by atoms with Crippen molar-refractivity contribution < 1.29 is 64.6 Å². The summed E-state index contributed by atoms with van der Waals surface area (Å²) in [7, 11) is 0. The fraction of sp³-hybridized carbons (Fsp3) is 0.787. The topological polar surface area (TPSA) is 228 Å². The van der Waals surface area contributed by atoms with Crippen molar-refractivity contribution in [2.45, 2.75) is 286 Å². The molecule has 2 aliphatic heterocycles. The minimum Gasteiger partial charge on any atom is -0.394 e. The van der Waals surface area contributed by atoms with Crippen molar-refractivity contribution in [2.75, 3.05) is 19.8 Å². The first-order chi connectivity index (χ1) is 36.6. The first-order valence-electron chi connectivity index (χ1n) is 29.7. The molecule has 434 valence electrons. The van der Waals surface area contributed by atoms with Gasteiger partial charge in [-0.25, -0.2) is 0 Å². The Labute approximate surface area is 453 Å². The predicted molar refractivity (Wildman–Crippen MR) is 300 cm³/mol. The SMILES string of the molecule is CC/C=C\C/C=C\C/C=C\C/C=C\C/C=C\CCCCCCCCCCCCCCCCCC(=O)NC(COC1OC(CO)C(OC2OC(CO)C(O)C(O)C2O)C(O)C1O)C(O)/C=C/CCCCCCCCCC. The Morgan fingerprint density at radius 3 is 1.41 bits per heavy atom. The molecule has 0 aliphatic carbocycles. The lowest BCUT2D eigenvalue weighted by Crippen LogP contribution is -2.65. The van der Waals surface area contributed by atoms with Gasteiger partial charge in [-0.1, -0.05) is 215 Å². The molecule has 0 bridgehead atoms. The summed E-state index contributed by atoms with van der Waals surface area (Å²) in [5.74, 6) is -0.244. The fourth-order valence-corrected chi connectivity index (χ4v) is 9.38. The molecule has 0 aromatic heterocycles. The Hall–Kier alpha value is -2.57. The van der Waals surface area contributed by atoms with Gasteiger partial charge in [-0.15, -0.1) is 0 Å². The molecular formula is C61H107NO13. The van der Waals surface area contributed by atoms with Crippen molar-refractivity contribution in [3.8, 4) is 0 Å². The molecule has 0 spiro atoms. The molecule has 9 N–H and O–H groups in total. The van der Waals surface area contributed by atoms with E-state index in [1.54, 1.807) is 6.08 Å². The fourth-order valence-electron chi connectivity index (χ4n) is 9.38. The van der Waals surface area contributed by atoms with E-state index in [9.17, 15) is 45.6 Å². The Kier molecular flexibility index (Phi) is 42.4. The number of carbonyl (C=O) groups excluding carboxylic acids is 1. The Morgan fingerprint density at radius 1 is 0.493 bits per heavy atom. The molecular weight excluding hydrogens is 955 g/mol. The lowest BCUT2D eigenvalue weighted by Gasteiger charge is -2.46. The molecule has 1 amide bonds. The highest BCUT2D eigenvalue weighted by atomic mass is 16.7. The van der Waals surface area contributed by atoms with Crippen LogP contribution in [-0.4, -0.2) is 140 Å². The lowest BCUT2D eigenvalue weighted by molar-refractivity contribution is -0.359. The number of nitrogens with one attached hydrogen (secondary N) is 1. The second-order valence-electron chi connectivity index (χ2n) is 20.7. The molecule has 12 atom stereocenters. The molecule has 2 saturated heterocycles. The summed E-state index contributed by atoms with van der Waals surface area (Å²) in [5, 5.41) is 86.8. The maximum absolute atomic E-state index is 13.2. The van der Waals surface area contributed by atoms with E-state index in [4.69, 9.17) is 18.9 Å². The number of hydrogen-bond donors (Lipinski definition) is 9. The van der Waals surface area contributed by atoms with E-state index >= 15 is 0 Å². The smallest absolute Gasteiger partial charge is 0.220 e. The van der Waals surface area contributed by atoms with E-state index in [2.05, 4.69) is 79.9 Å². The van der Waals surface area contributed by atoms with Gasteiger partial charge < -0.3 is 65.1 Å². The van der Waals surface area contributed by atoms with Gasteiger partial charge in [0, 0.05) is 6.42 Å². The van der Waals surface area contributed by atoms with Crippen LogP contribution in [0.4, 0.5) is 0 Å². The van der Waals surface area contributed by atoms with Gasteiger partial charge >= 0.3 is 0 Å². The molecule has 0 saturated carbocycles. The molecule has 75 heavy (non-hydrogen) atoms. The van der Waals surface area contributed by atoms with Crippen LogP contribution in [0.25, 0.3) is 0 Å². The van der Waals surface area contributed by atoms with Crippen LogP contribution < -0.4 is 5.32 Å². The van der Waals surface area contributed by atoms with Crippen molar-refractivity contribution in [1.82, 2.24) is 5.32 Å². The third kappa shape index (κ3) is 32.2. The zero-order valence-corrected chi connectivity index (χ0v) is 46.5. The number of aliphatic hydroxyl groups is 8. The molecule has 0 aromatic carbocycles. The van der Waals surface area contributed by atoms with Crippen molar-refractivity contribution in [3.63, 3.8) is 0 Å². The van der Waals surface area contributed by atoms with Crippen molar-refractivity contribution >= 4 is 5.91 Å². The van der Waals surface area contributed by atoms with Crippen molar-refractivity contribution in [3.05, 3.63) is 72.9 Å². The highest BCUT2D eigenvalue weighted by Crippen LogP contribution is 2.30. The number of allylic oxidation sites excluding steroid dienone is 11. The van der Waals surface area contributed by atoms with Crippen molar-refractivity contribution in [2.24, 2.45) is 0 Å². The van der Waals surface area contributed by atoms with E-state index in [-0.39, 0.29) is 18.9 Å². The van der Waals surface area contributed by atoms with Crippen molar-refractivity contribution in [1.29, 1.82) is 0 Å². The van der Waals surface area contributed by atoms with Gasteiger partial charge in [-0.3, -0.25) is 4.79 Å². The summed E-state index contributed by atoms with van der Waals surface area (Å²) in [5.41, 5.74) is 0. The maximum atomic E-state index is 13.2. The number of carbonyl (C=O) groups is 1. The minimum absolute atomic E-state index is 0.244. The average Bonchev–Trinajstić information content (AvgIpc) is 3.41. The second-order valence-corrected chi connectivity index (χ2v) is 20.7. The minimum atomic E-state index is -1.79. The number of hydrogen-bond acceptors (Lipinski definition) is 13. The summed E-state index contributed by atoms with van der Waals surface area (Å²) in [6.07, 6.45) is 43.9. The lowest BCUT2D eigenvalue weighted by atomic mass is 9.97. The molecule has 12 unspecified atom stereocenters. The standard InChI is InChI=1S/C61H107NO13/c1-3-5-7-9-11-13-15-16-17-18-19-20-21-22-23-24-25-26-27-28-29-30-31-32-33-34-35-37-39-41-43-45-53(66)62-49(50(65)44-42-40-38-36-14-12-10-8-6-4-2)48-72-60-58(71)56(69)59(52(47-64)74-60)75-61-57(70)55(68)54(67)51(46-63)73-61/h5,7,11,13,16-17,19-20,22-23,42,44,49-52,54-61,63-65,67-71H,3-4,6,8-10,12,14-15,18,21,24-41,43,45-48H2,1-2H3,(H,62,66)/b7-5-,13-11-,17-16-,20-19-,23-22-,44-42+. The second kappa shape index (κ2) is 46.4. The quantitative estimate of drug-likeness (QED) is 0.0205. The van der Waals surface area contributed by atoms with Crippen LogP contribution in [0.15, 0.2) is 72.9 Å². The number of aliphatic hydroxyl groups excluding tert-OH is 8. The number of rotatable bonds is 46. The van der Waals surface area contributed by atoms with Crippen LogP contribution >= 0.6 is 0 Å². The average molecular weight is 1060 g/mol. The summed E-state index contributed by atoms with van der Waals surface area (Å²) in [4.78, 5) is 13.2. The highest BCUT2D eigenvalue weighted by molar-refractivity contribution is 5.76. The first kappa shape index (κ1) is 68.5. The largest absolute Gasteiger partial charge is 0.394 e. The third-order valence-electron chi connectivity index (χ3n) is 14.1. The third-order valence-corrected chi connectivity index (χ3v) is 14.1. The molecule has 14 nitrogen and oxygen atoms in total. The van der Waals surface area contributed by atoms with Crippen LogP contribution in [-0.2, 0) is 23.7 Å². The van der Waals surface area contributed by atoms with Crippen LogP contribution in [0.3, 0.4) is 0 Å². The van der Waals surface area contributed by atoms with E-state index < -0.39 is 86.8 Å². The molecule has 14 heteroatoms. The van der Waals surface area contributed by atoms with Gasteiger partial charge in [0.15, 0.2) is 12.6 Å². The van der Waals surface area contributed by atoms with Gasteiger partial charge in [0.25, 0.3) is 0 Å². The summed E-state index contributed by atoms with van der Waals surface area (Å²) in [6, 6.07) is -0.915. The molecule has 2 heterocycles. The molecule has 2 fully saturated rings. The molecule has 0 aromatic rings. The van der Waals surface area contributed by atoms with E-state index in [1.165, 1.54) is 116 Å². The molecule has 0 radical (unpaired) electrons. The summed E-state index contributed by atoms with van der Waals surface area (Å²) in [6.45, 7) is 2.65. The Morgan fingerprint density at radius 2 is 0.920 bits per heavy atom. The molecule has 2 aliphatic rings. The first-order valence-corrected chi connectivity index (χ1v) is 29.7. The summed E-state index contributed by atoms with van der Waals surface area (Å²) < 4.78 is 22.7. The van der Waals surface area contributed by atoms with Gasteiger partial charge in [0.1, 0.15) is 48.8 Å².